The van der Waals surface area contributed by atoms with Crippen LogP contribution >= 0.6 is 15.9 Å². The smallest absolute Gasteiger partial charge is 0.258 e. The topological polar surface area (TPSA) is 80.5 Å². The molecule has 1 heterocycles. The molecule has 0 aromatic heterocycles. The Kier molecular flexibility index (Phi) is 4.49. The molecule has 4 rings (SSSR count). The van der Waals surface area contributed by atoms with Crippen molar-refractivity contribution in [1.82, 2.24) is 4.31 Å². The van der Waals surface area contributed by atoms with E-state index in [9.17, 15) is 18.5 Å². The van der Waals surface area contributed by atoms with Gasteiger partial charge in [-0.25, -0.2) is 8.42 Å². The normalized spacial score (nSPS) is 14.9. The molecule has 3 aromatic carbocycles. The van der Waals surface area contributed by atoms with Crippen molar-refractivity contribution in [3.8, 4) is 0 Å². The molecule has 1 aliphatic rings. The average molecular weight is 447 g/mol. The Balaban J connectivity index is 1.70. The Morgan fingerprint density at radius 2 is 1.78 bits per heavy atom. The van der Waals surface area contributed by atoms with Crippen LogP contribution in [0.1, 0.15) is 11.1 Å². The molecule has 3 aromatic rings. The van der Waals surface area contributed by atoms with Crippen molar-refractivity contribution in [2.24, 2.45) is 0 Å². The van der Waals surface area contributed by atoms with E-state index in [4.69, 9.17) is 0 Å². The van der Waals surface area contributed by atoms with Gasteiger partial charge >= 0.3 is 0 Å². The molecule has 0 radical (unpaired) electrons. The molecular formula is C19H15BrN2O4S. The molecule has 0 atom stereocenters. The number of sulfonamides is 1. The van der Waals surface area contributed by atoms with Gasteiger partial charge in [-0.1, -0.05) is 24.3 Å². The third kappa shape index (κ3) is 3.13. The number of rotatable bonds is 3. The zero-order valence-electron chi connectivity index (χ0n) is 14.1. The Morgan fingerprint density at radius 1 is 1.07 bits per heavy atom. The van der Waals surface area contributed by atoms with E-state index in [0.29, 0.717) is 13.0 Å². The van der Waals surface area contributed by atoms with E-state index >= 15 is 0 Å². The second-order valence-electron chi connectivity index (χ2n) is 6.39. The third-order valence-corrected chi connectivity index (χ3v) is 7.59. The highest BCUT2D eigenvalue weighted by Gasteiger charge is 2.30. The van der Waals surface area contributed by atoms with E-state index in [-0.39, 0.29) is 17.1 Å². The highest BCUT2D eigenvalue weighted by molar-refractivity contribution is 9.10. The van der Waals surface area contributed by atoms with E-state index in [2.05, 4.69) is 15.9 Å². The Hall–Kier alpha value is -2.29. The van der Waals surface area contributed by atoms with Gasteiger partial charge in [-0.15, -0.1) is 0 Å². The van der Waals surface area contributed by atoms with E-state index in [1.807, 2.05) is 30.3 Å². The fraction of sp³-hybridized carbons (Fsp3) is 0.158. The highest BCUT2D eigenvalue weighted by Crippen LogP contribution is 2.35. The van der Waals surface area contributed by atoms with Gasteiger partial charge in [-0.2, -0.15) is 4.31 Å². The van der Waals surface area contributed by atoms with Gasteiger partial charge in [0.2, 0.25) is 10.0 Å². The summed E-state index contributed by atoms with van der Waals surface area (Å²) in [6.45, 7) is 0.640. The molecule has 0 saturated heterocycles. The largest absolute Gasteiger partial charge is 0.269 e. The first-order valence-corrected chi connectivity index (χ1v) is 10.5. The maximum atomic E-state index is 13.0. The minimum absolute atomic E-state index is 0.0661. The lowest BCUT2D eigenvalue weighted by molar-refractivity contribution is -0.384. The standard InChI is InChI=1S/C19H15BrN2O4S/c20-19-17-4-2-1-3-13(17)11-14-12-21(10-9-18(14)19)27(25,26)16-7-5-15(6-8-16)22(23)24/h1-8,11H,9-10,12H2. The third-order valence-electron chi connectivity index (χ3n) is 4.82. The fourth-order valence-electron chi connectivity index (χ4n) is 3.41. The summed E-state index contributed by atoms with van der Waals surface area (Å²) < 4.78 is 28.4. The van der Waals surface area contributed by atoms with Crippen LogP contribution in [0.25, 0.3) is 10.8 Å². The van der Waals surface area contributed by atoms with Gasteiger partial charge in [-0.3, -0.25) is 10.1 Å². The van der Waals surface area contributed by atoms with Crippen LogP contribution in [0.2, 0.25) is 0 Å². The first kappa shape index (κ1) is 18.1. The molecule has 0 amide bonds. The van der Waals surface area contributed by atoms with Crippen molar-refractivity contribution in [2.45, 2.75) is 17.9 Å². The summed E-state index contributed by atoms with van der Waals surface area (Å²) in [7, 11) is -3.72. The van der Waals surface area contributed by atoms with Gasteiger partial charge in [0.05, 0.1) is 9.82 Å². The maximum absolute atomic E-state index is 13.0. The minimum atomic E-state index is -3.72. The van der Waals surface area contributed by atoms with E-state index in [0.717, 1.165) is 26.4 Å². The number of nitro benzene ring substituents is 1. The molecule has 1 aliphatic heterocycles. The predicted octanol–water partition coefficient (Wildman–Crippen LogP) is 4.26. The average Bonchev–Trinajstić information content (AvgIpc) is 2.68. The number of hydrogen-bond donors (Lipinski definition) is 0. The van der Waals surface area contributed by atoms with E-state index in [1.54, 1.807) is 0 Å². The molecular weight excluding hydrogens is 432 g/mol. The van der Waals surface area contributed by atoms with Crippen LogP contribution in [0.15, 0.2) is 64.0 Å². The number of benzene rings is 3. The van der Waals surface area contributed by atoms with Crippen LogP contribution in [0.5, 0.6) is 0 Å². The SMILES string of the molecule is O=[N+]([O-])c1ccc(S(=O)(=O)N2CCc3c(cc4ccccc4c3Br)C2)cc1. The predicted molar refractivity (Wildman–Crippen MR) is 106 cm³/mol. The maximum Gasteiger partial charge on any atom is 0.269 e. The first-order chi connectivity index (χ1) is 12.9. The van der Waals surface area contributed by atoms with Crippen LogP contribution in [0.3, 0.4) is 0 Å². The van der Waals surface area contributed by atoms with E-state index in [1.165, 1.54) is 28.6 Å². The second kappa shape index (κ2) is 6.70. The quantitative estimate of drug-likeness (QED) is 0.444. The second-order valence-corrected chi connectivity index (χ2v) is 9.12. The molecule has 0 aliphatic carbocycles. The van der Waals surface area contributed by atoms with Crippen molar-refractivity contribution in [1.29, 1.82) is 0 Å². The summed E-state index contributed by atoms with van der Waals surface area (Å²) in [5.41, 5.74) is 1.97. The summed E-state index contributed by atoms with van der Waals surface area (Å²) in [4.78, 5) is 10.3. The summed E-state index contributed by atoms with van der Waals surface area (Å²) in [6, 6.07) is 15.0. The summed E-state index contributed by atoms with van der Waals surface area (Å²) in [5, 5.41) is 12.9. The zero-order valence-corrected chi connectivity index (χ0v) is 16.5. The van der Waals surface area contributed by atoms with Gasteiger partial charge in [0, 0.05) is 29.7 Å². The number of non-ortho nitro benzene ring substituents is 1. The van der Waals surface area contributed by atoms with Gasteiger partial charge in [0.25, 0.3) is 5.69 Å². The molecule has 6 nitrogen and oxygen atoms in total. The zero-order chi connectivity index (χ0) is 19.2. The van der Waals surface area contributed by atoms with Crippen molar-refractivity contribution in [3.05, 3.63) is 80.3 Å². The van der Waals surface area contributed by atoms with Crippen LogP contribution in [0, 0.1) is 10.1 Å². The van der Waals surface area contributed by atoms with Crippen molar-refractivity contribution < 1.29 is 13.3 Å². The summed E-state index contributed by atoms with van der Waals surface area (Å²) in [5.74, 6) is 0. The number of halogens is 1. The summed E-state index contributed by atoms with van der Waals surface area (Å²) >= 11 is 3.67. The van der Waals surface area contributed by atoms with Gasteiger partial charge in [-0.05, 0) is 62.4 Å². The Labute approximate surface area is 164 Å². The monoisotopic (exact) mass is 446 g/mol. The molecule has 0 bridgehead atoms. The highest BCUT2D eigenvalue weighted by atomic mass is 79.9. The fourth-order valence-corrected chi connectivity index (χ4v) is 5.64. The van der Waals surface area contributed by atoms with E-state index < -0.39 is 14.9 Å². The lowest BCUT2D eigenvalue weighted by Gasteiger charge is -2.29. The summed E-state index contributed by atoms with van der Waals surface area (Å²) in [6.07, 6.45) is 0.604. The number of nitro groups is 1. The molecule has 0 unspecified atom stereocenters. The van der Waals surface area contributed by atoms with Crippen LogP contribution in [0.4, 0.5) is 5.69 Å². The van der Waals surface area contributed by atoms with Crippen LogP contribution < -0.4 is 0 Å². The van der Waals surface area contributed by atoms with Gasteiger partial charge in [0.1, 0.15) is 0 Å². The molecule has 8 heteroatoms. The molecule has 138 valence electrons. The van der Waals surface area contributed by atoms with Crippen molar-refractivity contribution >= 4 is 42.4 Å². The van der Waals surface area contributed by atoms with Crippen molar-refractivity contribution in [3.63, 3.8) is 0 Å². The number of hydrogen-bond acceptors (Lipinski definition) is 4. The van der Waals surface area contributed by atoms with Gasteiger partial charge < -0.3 is 0 Å². The molecule has 0 spiro atoms. The molecule has 27 heavy (non-hydrogen) atoms. The number of nitrogens with zero attached hydrogens (tertiary/aromatic N) is 2. The first-order valence-electron chi connectivity index (χ1n) is 8.31. The molecule has 0 fully saturated rings. The van der Waals surface area contributed by atoms with Crippen molar-refractivity contribution in [2.75, 3.05) is 6.54 Å². The number of fused-ring (bicyclic) bond motifs is 2. The lowest BCUT2D eigenvalue weighted by atomic mass is 9.96. The Bertz CT molecular complexity index is 1160. The molecule has 0 saturated carbocycles. The van der Waals surface area contributed by atoms with Crippen LogP contribution in [-0.2, 0) is 23.0 Å². The minimum Gasteiger partial charge on any atom is -0.258 e. The lowest BCUT2D eigenvalue weighted by Crippen LogP contribution is -2.36. The Morgan fingerprint density at radius 3 is 2.48 bits per heavy atom. The van der Waals surface area contributed by atoms with Gasteiger partial charge in [0.15, 0.2) is 0 Å². The van der Waals surface area contributed by atoms with Crippen LogP contribution in [-0.4, -0.2) is 24.2 Å². The molecule has 0 N–H and O–H groups in total.